The van der Waals surface area contributed by atoms with E-state index in [1.54, 1.807) is 12.1 Å². The highest BCUT2D eigenvalue weighted by Gasteiger charge is 2.45. The summed E-state index contributed by atoms with van der Waals surface area (Å²) < 4.78 is 0. The van der Waals surface area contributed by atoms with E-state index in [4.69, 9.17) is 10.8 Å². The fraction of sp³-hybridized carbons (Fsp3) is 0.467. The van der Waals surface area contributed by atoms with Gasteiger partial charge in [-0.05, 0) is 13.5 Å². The standard InChI is InChI=1S/C15H20N2O3/c1-17(14-11(15(19)20)9-12(14)16)8-7-13(18)10-5-3-2-4-6-10/h2-6,11-12,14H,7-9,16H2,1H3,(H,19,20). The van der Waals surface area contributed by atoms with Crippen LogP contribution in [0.15, 0.2) is 30.3 Å². The summed E-state index contributed by atoms with van der Waals surface area (Å²) in [5.41, 5.74) is 6.57. The minimum atomic E-state index is -0.807. The number of ketones is 1. The van der Waals surface area contributed by atoms with Gasteiger partial charge in [0.15, 0.2) is 5.78 Å². The summed E-state index contributed by atoms with van der Waals surface area (Å²) in [6.07, 6.45) is 0.882. The van der Waals surface area contributed by atoms with Gasteiger partial charge in [-0.25, -0.2) is 0 Å². The van der Waals surface area contributed by atoms with Crippen LogP contribution in [0, 0.1) is 5.92 Å². The van der Waals surface area contributed by atoms with Crippen LogP contribution in [0.3, 0.4) is 0 Å². The van der Waals surface area contributed by atoms with Crippen LogP contribution in [-0.2, 0) is 4.79 Å². The third-order valence-corrected chi connectivity index (χ3v) is 3.99. The van der Waals surface area contributed by atoms with Gasteiger partial charge in [0.25, 0.3) is 0 Å². The Labute approximate surface area is 118 Å². The van der Waals surface area contributed by atoms with E-state index in [9.17, 15) is 9.59 Å². The summed E-state index contributed by atoms with van der Waals surface area (Å²) in [6, 6.07) is 8.82. The molecule has 0 radical (unpaired) electrons. The summed E-state index contributed by atoms with van der Waals surface area (Å²) >= 11 is 0. The van der Waals surface area contributed by atoms with E-state index in [0.717, 1.165) is 0 Å². The van der Waals surface area contributed by atoms with E-state index < -0.39 is 11.9 Å². The molecule has 1 aliphatic carbocycles. The predicted molar refractivity (Wildman–Crippen MR) is 75.5 cm³/mol. The van der Waals surface area contributed by atoms with Crippen molar-refractivity contribution < 1.29 is 14.7 Å². The lowest BCUT2D eigenvalue weighted by Gasteiger charge is -2.45. The molecule has 5 nitrogen and oxygen atoms in total. The maximum atomic E-state index is 12.0. The van der Waals surface area contributed by atoms with Crippen LogP contribution >= 0.6 is 0 Å². The lowest BCUT2D eigenvalue weighted by atomic mass is 9.74. The molecule has 0 bridgehead atoms. The normalized spacial score (nSPS) is 25.2. The topological polar surface area (TPSA) is 83.6 Å². The van der Waals surface area contributed by atoms with Crippen LogP contribution in [0.2, 0.25) is 0 Å². The Morgan fingerprint density at radius 1 is 1.35 bits per heavy atom. The fourth-order valence-corrected chi connectivity index (χ4v) is 2.75. The summed E-state index contributed by atoms with van der Waals surface area (Å²) in [6.45, 7) is 0.524. The minimum absolute atomic E-state index is 0.0669. The average Bonchev–Trinajstić information content (AvgIpc) is 2.42. The Bertz CT molecular complexity index is 489. The quantitative estimate of drug-likeness (QED) is 0.757. The fourth-order valence-electron chi connectivity index (χ4n) is 2.75. The number of carboxylic acid groups (broad SMARTS) is 1. The zero-order chi connectivity index (χ0) is 14.7. The number of carbonyl (C=O) groups is 2. The molecule has 20 heavy (non-hydrogen) atoms. The first-order valence-electron chi connectivity index (χ1n) is 6.77. The van der Waals surface area contributed by atoms with E-state index in [1.165, 1.54) is 0 Å². The van der Waals surface area contributed by atoms with Gasteiger partial charge in [-0.2, -0.15) is 0 Å². The van der Waals surface area contributed by atoms with Crippen molar-refractivity contribution in [3.8, 4) is 0 Å². The molecule has 1 aliphatic rings. The van der Waals surface area contributed by atoms with Crippen molar-refractivity contribution in [2.75, 3.05) is 13.6 Å². The Morgan fingerprint density at radius 3 is 2.55 bits per heavy atom. The summed E-state index contributed by atoms with van der Waals surface area (Å²) in [4.78, 5) is 24.9. The van der Waals surface area contributed by atoms with Crippen molar-refractivity contribution in [1.29, 1.82) is 0 Å². The highest BCUT2D eigenvalue weighted by atomic mass is 16.4. The molecule has 108 valence electrons. The monoisotopic (exact) mass is 276 g/mol. The highest BCUT2D eigenvalue weighted by Crippen LogP contribution is 2.30. The number of likely N-dealkylation sites (N-methyl/N-ethyl adjacent to an activating group) is 1. The Morgan fingerprint density at radius 2 is 2.00 bits per heavy atom. The van der Waals surface area contributed by atoms with Crippen molar-refractivity contribution in [3.05, 3.63) is 35.9 Å². The number of benzene rings is 1. The molecule has 1 aromatic carbocycles. The van der Waals surface area contributed by atoms with Crippen molar-refractivity contribution in [2.45, 2.75) is 24.9 Å². The maximum absolute atomic E-state index is 12.0. The van der Waals surface area contributed by atoms with Gasteiger partial charge in [0.2, 0.25) is 0 Å². The molecule has 0 amide bonds. The van der Waals surface area contributed by atoms with Gasteiger partial charge in [-0.3, -0.25) is 9.59 Å². The molecule has 1 aromatic rings. The number of Topliss-reactive ketones (excluding diaryl/α,β-unsaturated/α-hetero) is 1. The second-order valence-electron chi connectivity index (χ2n) is 5.35. The molecule has 0 aromatic heterocycles. The van der Waals surface area contributed by atoms with Crippen LogP contribution < -0.4 is 5.73 Å². The smallest absolute Gasteiger partial charge is 0.308 e. The third-order valence-electron chi connectivity index (χ3n) is 3.99. The molecule has 0 saturated heterocycles. The molecular weight excluding hydrogens is 256 g/mol. The molecule has 1 saturated carbocycles. The van der Waals surface area contributed by atoms with Gasteiger partial charge in [-0.15, -0.1) is 0 Å². The van der Waals surface area contributed by atoms with E-state index in [2.05, 4.69) is 0 Å². The largest absolute Gasteiger partial charge is 0.481 e. The summed E-state index contributed by atoms with van der Waals surface area (Å²) in [7, 11) is 1.83. The molecule has 0 aliphatic heterocycles. The molecular formula is C15H20N2O3. The van der Waals surface area contributed by atoms with Crippen molar-refractivity contribution in [2.24, 2.45) is 11.7 Å². The number of carboxylic acids is 1. The van der Waals surface area contributed by atoms with Crippen LogP contribution in [0.1, 0.15) is 23.2 Å². The minimum Gasteiger partial charge on any atom is -0.481 e. The highest BCUT2D eigenvalue weighted by molar-refractivity contribution is 5.96. The van der Waals surface area contributed by atoms with E-state index in [0.29, 0.717) is 24.9 Å². The lowest BCUT2D eigenvalue weighted by molar-refractivity contribution is -0.149. The molecule has 3 atom stereocenters. The number of nitrogens with two attached hydrogens (primary N) is 1. The first-order chi connectivity index (χ1) is 9.50. The number of rotatable bonds is 6. The van der Waals surface area contributed by atoms with Crippen LogP contribution in [0.4, 0.5) is 0 Å². The summed E-state index contributed by atoms with van der Waals surface area (Å²) in [5.74, 6) is -1.16. The average molecular weight is 276 g/mol. The molecule has 0 spiro atoms. The van der Waals surface area contributed by atoms with Gasteiger partial charge in [0.05, 0.1) is 5.92 Å². The van der Waals surface area contributed by atoms with Gasteiger partial charge in [-0.1, -0.05) is 30.3 Å². The second-order valence-corrected chi connectivity index (χ2v) is 5.35. The zero-order valence-corrected chi connectivity index (χ0v) is 11.5. The first kappa shape index (κ1) is 14.7. The predicted octanol–water partition coefficient (Wildman–Crippen LogP) is 0.992. The zero-order valence-electron chi connectivity index (χ0n) is 11.5. The number of aliphatic carboxylic acids is 1. The molecule has 1 fully saturated rings. The molecule has 0 heterocycles. The number of hydrogen-bond acceptors (Lipinski definition) is 4. The Hall–Kier alpha value is -1.72. The summed E-state index contributed by atoms with van der Waals surface area (Å²) in [5, 5.41) is 9.08. The number of hydrogen-bond donors (Lipinski definition) is 2. The van der Waals surface area contributed by atoms with Crippen LogP contribution in [-0.4, -0.2) is 47.4 Å². The van der Waals surface area contributed by atoms with Gasteiger partial charge in [0, 0.05) is 30.6 Å². The van der Waals surface area contributed by atoms with E-state index >= 15 is 0 Å². The molecule has 2 rings (SSSR count). The lowest BCUT2D eigenvalue weighted by Crippen LogP contribution is -2.62. The van der Waals surface area contributed by atoms with Gasteiger partial charge >= 0.3 is 5.97 Å². The van der Waals surface area contributed by atoms with Crippen LogP contribution in [0.5, 0.6) is 0 Å². The number of carbonyl (C=O) groups excluding carboxylic acids is 1. The van der Waals surface area contributed by atoms with Gasteiger partial charge < -0.3 is 15.7 Å². The van der Waals surface area contributed by atoms with Crippen molar-refractivity contribution >= 4 is 11.8 Å². The Kier molecular flexibility index (Phi) is 4.52. The molecule has 5 heteroatoms. The van der Waals surface area contributed by atoms with E-state index in [-0.39, 0.29) is 17.9 Å². The maximum Gasteiger partial charge on any atom is 0.308 e. The number of nitrogens with zero attached hydrogens (tertiary/aromatic N) is 1. The van der Waals surface area contributed by atoms with Crippen LogP contribution in [0.25, 0.3) is 0 Å². The van der Waals surface area contributed by atoms with E-state index in [1.807, 2.05) is 30.1 Å². The second kappa shape index (κ2) is 6.15. The SMILES string of the molecule is CN(CCC(=O)c1ccccc1)C1C(N)CC1C(=O)O. The molecule has 3 N–H and O–H groups in total. The van der Waals surface area contributed by atoms with Gasteiger partial charge in [0.1, 0.15) is 0 Å². The van der Waals surface area contributed by atoms with Crippen molar-refractivity contribution in [3.63, 3.8) is 0 Å². The molecule has 3 unspecified atom stereocenters. The van der Waals surface area contributed by atoms with Crippen molar-refractivity contribution in [1.82, 2.24) is 4.90 Å². The first-order valence-corrected chi connectivity index (χ1v) is 6.77. The Balaban J connectivity index is 1.87. The third kappa shape index (κ3) is 3.05.